The van der Waals surface area contributed by atoms with Crippen molar-refractivity contribution in [3.05, 3.63) is 107 Å². The predicted molar refractivity (Wildman–Crippen MR) is 140 cm³/mol. The Kier molecular flexibility index (Phi) is 10.8. The first-order valence-corrected chi connectivity index (χ1v) is 12.4. The highest BCUT2D eigenvalue weighted by atomic mass is 35.5. The third-order valence-corrected chi connectivity index (χ3v) is 5.96. The Hall–Kier alpha value is -3.15. The molecule has 1 atom stereocenters. The van der Waals surface area contributed by atoms with E-state index in [1.807, 2.05) is 79.7 Å². The Labute approximate surface area is 213 Å². The van der Waals surface area contributed by atoms with Crippen molar-refractivity contribution < 1.29 is 14.3 Å². The van der Waals surface area contributed by atoms with E-state index in [0.717, 1.165) is 23.1 Å². The minimum atomic E-state index is -0.649. The summed E-state index contributed by atoms with van der Waals surface area (Å²) in [6.07, 6.45) is 1.33. The molecule has 0 fully saturated rings. The molecule has 0 saturated carbocycles. The molecule has 5 nitrogen and oxygen atoms in total. The van der Waals surface area contributed by atoms with Crippen molar-refractivity contribution in [3.63, 3.8) is 0 Å². The topological polar surface area (TPSA) is 58.6 Å². The molecule has 0 bridgehead atoms. The molecule has 0 aliphatic carbocycles. The number of hydrogen-bond donors (Lipinski definition) is 1. The summed E-state index contributed by atoms with van der Waals surface area (Å²) in [5, 5.41) is 3.65. The van der Waals surface area contributed by atoms with Gasteiger partial charge in [-0.1, -0.05) is 84.4 Å². The Morgan fingerprint density at radius 1 is 0.886 bits per heavy atom. The summed E-state index contributed by atoms with van der Waals surface area (Å²) < 4.78 is 5.39. The molecule has 0 heterocycles. The number of benzene rings is 3. The summed E-state index contributed by atoms with van der Waals surface area (Å²) in [7, 11) is 0. The Morgan fingerprint density at radius 3 is 2.14 bits per heavy atom. The van der Waals surface area contributed by atoms with E-state index in [0.29, 0.717) is 37.7 Å². The fourth-order valence-electron chi connectivity index (χ4n) is 3.86. The van der Waals surface area contributed by atoms with Crippen molar-refractivity contribution in [2.75, 3.05) is 19.8 Å². The molecule has 0 radical (unpaired) electrons. The molecule has 35 heavy (non-hydrogen) atoms. The molecule has 2 amide bonds. The zero-order valence-electron chi connectivity index (χ0n) is 20.2. The lowest BCUT2D eigenvalue weighted by Crippen LogP contribution is -2.51. The van der Waals surface area contributed by atoms with Crippen LogP contribution in [0, 0.1) is 0 Å². The van der Waals surface area contributed by atoms with Crippen LogP contribution in [0.3, 0.4) is 0 Å². The number of ether oxygens (including phenoxy) is 1. The maximum Gasteiger partial charge on any atom is 0.243 e. The van der Waals surface area contributed by atoms with Gasteiger partial charge in [-0.15, -0.1) is 0 Å². The number of hydrogen-bond acceptors (Lipinski definition) is 3. The van der Waals surface area contributed by atoms with Gasteiger partial charge in [0.15, 0.2) is 0 Å². The van der Waals surface area contributed by atoms with Crippen LogP contribution in [0.1, 0.15) is 30.0 Å². The molecule has 3 rings (SSSR count). The van der Waals surface area contributed by atoms with Gasteiger partial charge in [0.05, 0.1) is 6.42 Å². The highest BCUT2D eigenvalue weighted by Crippen LogP contribution is 2.17. The van der Waals surface area contributed by atoms with Gasteiger partial charge in [0, 0.05) is 37.7 Å². The molecule has 0 unspecified atom stereocenters. The van der Waals surface area contributed by atoms with Crippen molar-refractivity contribution in [2.45, 2.75) is 38.8 Å². The average molecular weight is 493 g/mol. The Morgan fingerprint density at radius 2 is 1.51 bits per heavy atom. The van der Waals surface area contributed by atoms with Crippen molar-refractivity contribution in [1.82, 2.24) is 10.2 Å². The first-order chi connectivity index (χ1) is 17.1. The third-order valence-electron chi connectivity index (χ3n) is 5.70. The Bertz CT molecular complexity index is 1040. The van der Waals surface area contributed by atoms with E-state index in [1.54, 1.807) is 17.0 Å². The summed E-state index contributed by atoms with van der Waals surface area (Å²) in [5.41, 5.74) is 2.83. The van der Waals surface area contributed by atoms with Gasteiger partial charge in [-0.2, -0.15) is 0 Å². The van der Waals surface area contributed by atoms with E-state index in [4.69, 9.17) is 16.3 Å². The number of carbonyl (C=O) groups is 2. The molecule has 0 aliphatic heterocycles. The molecular weight excluding hydrogens is 460 g/mol. The zero-order chi connectivity index (χ0) is 24.9. The van der Waals surface area contributed by atoms with Gasteiger partial charge in [-0.25, -0.2) is 0 Å². The molecular formula is C29H33ClN2O3. The van der Waals surface area contributed by atoms with Crippen molar-refractivity contribution in [3.8, 4) is 0 Å². The number of nitrogens with one attached hydrogen (secondary N) is 1. The maximum atomic E-state index is 13.6. The van der Waals surface area contributed by atoms with Crippen LogP contribution in [-0.2, 0) is 33.7 Å². The van der Waals surface area contributed by atoms with Gasteiger partial charge < -0.3 is 15.0 Å². The summed E-state index contributed by atoms with van der Waals surface area (Å²) in [4.78, 5) is 28.8. The first kappa shape index (κ1) is 26.5. The number of rotatable bonds is 13. The van der Waals surface area contributed by atoms with Crippen LogP contribution < -0.4 is 5.32 Å². The summed E-state index contributed by atoms with van der Waals surface area (Å²) in [5.74, 6) is -0.271. The second-order valence-corrected chi connectivity index (χ2v) is 8.79. The lowest BCUT2D eigenvalue weighted by Gasteiger charge is -2.31. The maximum absolute atomic E-state index is 13.6. The van der Waals surface area contributed by atoms with E-state index < -0.39 is 6.04 Å². The van der Waals surface area contributed by atoms with Gasteiger partial charge in [0.2, 0.25) is 11.8 Å². The lowest BCUT2D eigenvalue weighted by atomic mass is 10.0. The van der Waals surface area contributed by atoms with Crippen LogP contribution in [0.15, 0.2) is 84.9 Å². The number of amides is 2. The first-order valence-electron chi connectivity index (χ1n) is 12.0. The molecule has 0 aliphatic rings. The van der Waals surface area contributed by atoms with Crippen LogP contribution >= 0.6 is 11.6 Å². The summed E-state index contributed by atoms with van der Waals surface area (Å²) in [6.45, 7) is 4.02. The van der Waals surface area contributed by atoms with Crippen LogP contribution in [0.25, 0.3) is 0 Å². The minimum absolute atomic E-state index is 0.110. The number of nitrogens with zero attached hydrogens (tertiary/aromatic N) is 1. The van der Waals surface area contributed by atoms with Crippen LogP contribution in [0.2, 0.25) is 5.02 Å². The average Bonchev–Trinajstić information content (AvgIpc) is 2.88. The molecule has 1 N–H and O–H groups in total. The third kappa shape index (κ3) is 8.85. The lowest BCUT2D eigenvalue weighted by molar-refractivity contribution is -0.140. The standard InChI is InChI=1S/C29H33ClN2O3/c1-2-35-19-9-18-31-29(34)27(20-23-10-5-3-6-11-23)32(22-25-12-7-4-8-13-25)28(33)21-24-14-16-26(30)17-15-24/h3-8,10-17,27H,2,9,18-22H2,1H3,(H,31,34)/t27-/m0/s1. The van der Waals surface area contributed by atoms with Crippen molar-refractivity contribution in [2.24, 2.45) is 0 Å². The van der Waals surface area contributed by atoms with Crippen molar-refractivity contribution in [1.29, 1.82) is 0 Å². The summed E-state index contributed by atoms with van der Waals surface area (Å²) in [6, 6.07) is 26.2. The van der Waals surface area contributed by atoms with Gasteiger partial charge in [0.1, 0.15) is 6.04 Å². The smallest absolute Gasteiger partial charge is 0.243 e. The SMILES string of the molecule is CCOCCCNC(=O)[C@H](Cc1ccccc1)N(Cc1ccccc1)C(=O)Cc1ccc(Cl)cc1. The molecule has 3 aromatic rings. The van der Waals surface area contributed by atoms with Gasteiger partial charge in [-0.3, -0.25) is 9.59 Å². The fourth-order valence-corrected chi connectivity index (χ4v) is 3.99. The molecule has 0 spiro atoms. The van der Waals surface area contributed by atoms with Crippen molar-refractivity contribution >= 4 is 23.4 Å². The van der Waals surface area contributed by atoms with Gasteiger partial charge in [-0.05, 0) is 42.2 Å². The van der Waals surface area contributed by atoms with E-state index in [-0.39, 0.29) is 18.2 Å². The van der Waals surface area contributed by atoms with E-state index in [9.17, 15) is 9.59 Å². The minimum Gasteiger partial charge on any atom is -0.382 e. The summed E-state index contributed by atoms with van der Waals surface area (Å²) >= 11 is 6.02. The molecule has 6 heteroatoms. The number of carbonyl (C=O) groups excluding carboxylic acids is 2. The molecule has 3 aromatic carbocycles. The second-order valence-electron chi connectivity index (χ2n) is 8.36. The van der Waals surface area contributed by atoms with Crippen LogP contribution in [-0.4, -0.2) is 42.5 Å². The van der Waals surface area contributed by atoms with E-state index in [2.05, 4.69) is 5.32 Å². The highest BCUT2D eigenvalue weighted by Gasteiger charge is 2.30. The molecule has 184 valence electrons. The molecule has 0 saturated heterocycles. The van der Waals surface area contributed by atoms with Gasteiger partial charge >= 0.3 is 0 Å². The molecule has 0 aromatic heterocycles. The van der Waals surface area contributed by atoms with E-state index in [1.165, 1.54) is 0 Å². The zero-order valence-corrected chi connectivity index (χ0v) is 20.9. The number of halogens is 1. The largest absolute Gasteiger partial charge is 0.382 e. The van der Waals surface area contributed by atoms with E-state index >= 15 is 0 Å². The van der Waals surface area contributed by atoms with Crippen LogP contribution in [0.4, 0.5) is 0 Å². The monoisotopic (exact) mass is 492 g/mol. The fraction of sp³-hybridized carbons (Fsp3) is 0.310. The Balaban J connectivity index is 1.86. The van der Waals surface area contributed by atoms with Crippen LogP contribution in [0.5, 0.6) is 0 Å². The highest BCUT2D eigenvalue weighted by molar-refractivity contribution is 6.30. The quantitative estimate of drug-likeness (QED) is 0.339. The van der Waals surface area contributed by atoms with Gasteiger partial charge in [0.25, 0.3) is 0 Å². The predicted octanol–water partition coefficient (Wildman–Crippen LogP) is 5.07. The normalized spacial score (nSPS) is 11.6. The second kappa shape index (κ2) is 14.3.